The zero-order valence-electron chi connectivity index (χ0n) is 12.8. The smallest absolute Gasteiger partial charge is 0.407 e. The molecule has 1 fully saturated rings. The Kier molecular flexibility index (Phi) is 6.34. The number of hydrogen-bond donors (Lipinski definition) is 1. The Bertz CT molecular complexity index is 417. The van der Waals surface area contributed by atoms with E-state index in [4.69, 9.17) is 4.74 Å². The van der Waals surface area contributed by atoms with E-state index in [1.54, 1.807) is 0 Å². The van der Waals surface area contributed by atoms with Crippen molar-refractivity contribution in [3.63, 3.8) is 0 Å². The summed E-state index contributed by atoms with van der Waals surface area (Å²) in [5, 5.41) is 2.76. The minimum absolute atomic E-state index is 0.314. The van der Waals surface area contributed by atoms with E-state index < -0.39 is 0 Å². The van der Waals surface area contributed by atoms with Crippen LogP contribution in [0, 0.1) is 0 Å². The number of carbonyl (C=O) groups excluding carboxylic acids is 1. The summed E-state index contributed by atoms with van der Waals surface area (Å²) >= 11 is 0. The number of ether oxygens (including phenoxy) is 1. The molecule has 1 aliphatic rings. The molecular formula is C16H25N3O2. The molecular weight excluding hydrogens is 266 g/mol. The highest BCUT2D eigenvalue weighted by molar-refractivity contribution is 5.66. The normalized spacial score (nSPS) is 15.8. The number of amides is 1. The van der Waals surface area contributed by atoms with Crippen LogP contribution in [0.4, 0.5) is 10.5 Å². The minimum atomic E-state index is -0.314. The van der Waals surface area contributed by atoms with Crippen LogP contribution >= 0.6 is 0 Å². The molecule has 1 aliphatic heterocycles. The number of carbonyl (C=O) groups is 1. The maximum Gasteiger partial charge on any atom is 0.407 e. The SMILES string of the molecule is CCOC(=O)NCCCN1CCN(c2ccccc2)CC1. The minimum Gasteiger partial charge on any atom is -0.450 e. The van der Waals surface area contributed by atoms with Gasteiger partial charge in [0.05, 0.1) is 6.61 Å². The van der Waals surface area contributed by atoms with Crippen LogP contribution in [0.1, 0.15) is 13.3 Å². The highest BCUT2D eigenvalue weighted by Crippen LogP contribution is 2.15. The maximum atomic E-state index is 11.1. The Morgan fingerprint density at radius 1 is 1.19 bits per heavy atom. The van der Waals surface area contributed by atoms with Gasteiger partial charge in [-0.3, -0.25) is 4.90 Å². The van der Waals surface area contributed by atoms with Gasteiger partial charge in [0.2, 0.25) is 0 Å². The van der Waals surface area contributed by atoms with Crippen LogP contribution < -0.4 is 10.2 Å². The van der Waals surface area contributed by atoms with Crippen LogP contribution in [0.25, 0.3) is 0 Å². The van der Waals surface area contributed by atoms with Crippen LogP contribution in [0.5, 0.6) is 0 Å². The first-order valence-electron chi connectivity index (χ1n) is 7.72. The van der Waals surface area contributed by atoms with Crippen LogP contribution in [0.2, 0.25) is 0 Å². The second kappa shape index (κ2) is 8.52. The molecule has 0 aromatic heterocycles. The van der Waals surface area contributed by atoms with Crippen LogP contribution in [-0.4, -0.2) is 56.9 Å². The first kappa shape index (κ1) is 15.6. The lowest BCUT2D eigenvalue weighted by atomic mass is 10.2. The molecule has 0 unspecified atom stereocenters. The molecule has 0 bridgehead atoms. The number of piperazine rings is 1. The van der Waals surface area contributed by atoms with Crippen molar-refractivity contribution in [3.05, 3.63) is 30.3 Å². The molecule has 21 heavy (non-hydrogen) atoms. The Balaban J connectivity index is 1.60. The van der Waals surface area contributed by atoms with E-state index in [1.165, 1.54) is 5.69 Å². The second-order valence-electron chi connectivity index (χ2n) is 5.17. The number of rotatable bonds is 6. The number of anilines is 1. The van der Waals surface area contributed by atoms with Crippen molar-refractivity contribution >= 4 is 11.8 Å². The van der Waals surface area contributed by atoms with E-state index in [1.807, 2.05) is 6.92 Å². The summed E-state index contributed by atoms with van der Waals surface area (Å²) in [5.74, 6) is 0. The van der Waals surface area contributed by atoms with Gasteiger partial charge in [-0.05, 0) is 32.0 Å². The molecule has 0 spiro atoms. The van der Waals surface area contributed by atoms with E-state index in [-0.39, 0.29) is 6.09 Å². The standard InChI is InChI=1S/C16H25N3O2/c1-2-21-16(20)17-9-6-10-18-11-13-19(14-12-18)15-7-4-3-5-8-15/h3-5,7-8H,2,6,9-14H2,1H3,(H,17,20). The number of hydrogen-bond acceptors (Lipinski definition) is 4. The molecule has 0 aliphatic carbocycles. The molecule has 1 aromatic rings. The third kappa shape index (κ3) is 5.27. The van der Waals surface area contributed by atoms with Gasteiger partial charge in [-0.1, -0.05) is 18.2 Å². The number of benzene rings is 1. The summed E-state index contributed by atoms with van der Waals surface area (Å²) in [6, 6.07) is 10.6. The molecule has 1 saturated heterocycles. The summed E-state index contributed by atoms with van der Waals surface area (Å²) in [6.45, 7) is 8.22. The maximum absolute atomic E-state index is 11.1. The zero-order valence-corrected chi connectivity index (χ0v) is 12.8. The fourth-order valence-corrected chi connectivity index (χ4v) is 2.54. The molecule has 0 saturated carbocycles. The Hall–Kier alpha value is -1.75. The number of alkyl carbamates (subject to hydrolysis) is 1. The molecule has 1 aromatic carbocycles. The number of nitrogens with zero attached hydrogens (tertiary/aromatic N) is 2. The average Bonchev–Trinajstić information content (AvgIpc) is 2.53. The average molecular weight is 291 g/mol. The Morgan fingerprint density at radius 2 is 1.90 bits per heavy atom. The van der Waals surface area contributed by atoms with Gasteiger partial charge in [0.15, 0.2) is 0 Å². The first-order chi connectivity index (χ1) is 10.3. The Labute approximate surface area is 126 Å². The van der Waals surface area contributed by atoms with Gasteiger partial charge in [-0.2, -0.15) is 0 Å². The fraction of sp³-hybridized carbons (Fsp3) is 0.562. The molecule has 116 valence electrons. The number of nitrogens with one attached hydrogen (secondary N) is 1. The van der Waals surface area contributed by atoms with Gasteiger partial charge in [-0.15, -0.1) is 0 Å². The predicted molar refractivity (Wildman–Crippen MR) is 84.7 cm³/mol. The largest absolute Gasteiger partial charge is 0.450 e. The topological polar surface area (TPSA) is 44.8 Å². The van der Waals surface area contributed by atoms with E-state index in [9.17, 15) is 4.79 Å². The van der Waals surface area contributed by atoms with Crippen molar-refractivity contribution in [1.82, 2.24) is 10.2 Å². The summed E-state index contributed by atoms with van der Waals surface area (Å²) in [4.78, 5) is 16.0. The molecule has 0 atom stereocenters. The molecule has 1 amide bonds. The summed E-state index contributed by atoms with van der Waals surface area (Å²) in [7, 11) is 0. The molecule has 2 rings (SSSR count). The highest BCUT2D eigenvalue weighted by Gasteiger charge is 2.16. The Morgan fingerprint density at radius 3 is 2.57 bits per heavy atom. The van der Waals surface area contributed by atoms with Gasteiger partial charge < -0.3 is 15.0 Å². The van der Waals surface area contributed by atoms with Crippen molar-refractivity contribution in [3.8, 4) is 0 Å². The molecule has 5 heteroatoms. The monoisotopic (exact) mass is 291 g/mol. The highest BCUT2D eigenvalue weighted by atomic mass is 16.5. The van der Waals surface area contributed by atoms with E-state index in [0.29, 0.717) is 13.2 Å². The van der Waals surface area contributed by atoms with Crippen LogP contribution in [0.15, 0.2) is 30.3 Å². The van der Waals surface area contributed by atoms with Crippen molar-refractivity contribution < 1.29 is 9.53 Å². The first-order valence-corrected chi connectivity index (χ1v) is 7.72. The van der Waals surface area contributed by atoms with Gasteiger partial charge in [0.1, 0.15) is 0 Å². The van der Waals surface area contributed by atoms with Crippen molar-refractivity contribution in [1.29, 1.82) is 0 Å². The second-order valence-corrected chi connectivity index (χ2v) is 5.17. The van der Waals surface area contributed by atoms with Crippen molar-refractivity contribution in [2.45, 2.75) is 13.3 Å². The third-order valence-corrected chi connectivity index (χ3v) is 3.69. The van der Waals surface area contributed by atoms with Crippen LogP contribution in [0.3, 0.4) is 0 Å². The van der Waals surface area contributed by atoms with Gasteiger partial charge in [-0.25, -0.2) is 4.79 Å². The van der Waals surface area contributed by atoms with Crippen molar-refractivity contribution in [2.75, 3.05) is 50.8 Å². The van der Waals surface area contributed by atoms with Gasteiger partial charge in [0, 0.05) is 38.4 Å². The zero-order chi connectivity index (χ0) is 14.9. The lowest BCUT2D eigenvalue weighted by molar-refractivity contribution is 0.151. The molecule has 5 nitrogen and oxygen atoms in total. The lowest BCUT2D eigenvalue weighted by Gasteiger charge is -2.36. The van der Waals surface area contributed by atoms with Gasteiger partial charge in [0.25, 0.3) is 0 Å². The summed E-state index contributed by atoms with van der Waals surface area (Å²) in [5.41, 5.74) is 1.31. The lowest BCUT2D eigenvalue weighted by Crippen LogP contribution is -2.47. The van der Waals surface area contributed by atoms with Crippen LogP contribution in [-0.2, 0) is 4.74 Å². The quantitative estimate of drug-likeness (QED) is 0.814. The molecule has 1 N–H and O–H groups in total. The molecule has 0 radical (unpaired) electrons. The fourth-order valence-electron chi connectivity index (χ4n) is 2.54. The summed E-state index contributed by atoms with van der Waals surface area (Å²) < 4.78 is 4.83. The van der Waals surface area contributed by atoms with E-state index in [0.717, 1.165) is 39.1 Å². The van der Waals surface area contributed by atoms with E-state index >= 15 is 0 Å². The van der Waals surface area contributed by atoms with Crippen molar-refractivity contribution in [2.24, 2.45) is 0 Å². The number of para-hydroxylation sites is 1. The molecule has 1 heterocycles. The van der Waals surface area contributed by atoms with Gasteiger partial charge >= 0.3 is 6.09 Å². The predicted octanol–water partition coefficient (Wildman–Crippen LogP) is 1.94. The van der Waals surface area contributed by atoms with E-state index in [2.05, 4.69) is 45.4 Å². The third-order valence-electron chi connectivity index (χ3n) is 3.69. The summed E-state index contributed by atoms with van der Waals surface area (Å²) in [6.07, 6.45) is 0.649.